The van der Waals surface area contributed by atoms with E-state index in [0.29, 0.717) is 0 Å². The summed E-state index contributed by atoms with van der Waals surface area (Å²) in [7, 11) is 0. The molecule has 5 nitrogen and oxygen atoms in total. The Morgan fingerprint density at radius 2 is 1.57 bits per heavy atom. The first-order valence-corrected chi connectivity index (χ1v) is 4.59. The van der Waals surface area contributed by atoms with Gasteiger partial charge in [-0.3, -0.25) is 14.4 Å². The third kappa shape index (κ3) is 4.86. The smallest absolute Gasteiger partial charge is 0.276 e. The molecule has 0 aromatic rings. The summed E-state index contributed by atoms with van der Waals surface area (Å²) in [6.07, 6.45) is 0. The fourth-order valence-electron chi connectivity index (χ4n) is 0.691. The van der Waals surface area contributed by atoms with Crippen molar-refractivity contribution < 1.29 is 14.4 Å². The van der Waals surface area contributed by atoms with Crippen LogP contribution in [0.25, 0.3) is 0 Å². The Balaban J connectivity index is 4.07. The molecule has 0 aliphatic carbocycles. The van der Waals surface area contributed by atoms with Gasteiger partial charge in [-0.1, -0.05) is 12.6 Å². The van der Waals surface area contributed by atoms with E-state index in [9.17, 15) is 14.4 Å². The van der Waals surface area contributed by atoms with Crippen LogP contribution in [0.15, 0.2) is 0 Å². The Bertz CT molecular complexity index is 255. The van der Waals surface area contributed by atoms with E-state index in [-0.39, 0.29) is 5.78 Å². The van der Waals surface area contributed by atoms with Crippen molar-refractivity contribution in [3.63, 3.8) is 0 Å². The molecular formula is C8H14N2O3S. The van der Waals surface area contributed by atoms with Gasteiger partial charge < -0.3 is 10.6 Å². The molecule has 0 fully saturated rings. The van der Waals surface area contributed by atoms with Gasteiger partial charge >= 0.3 is 0 Å². The Morgan fingerprint density at radius 1 is 1.07 bits per heavy atom. The third-order valence-corrected chi connectivity index (χ3v) is 1.83. The number of Topliss-reactive ketones (excluding diaryl/α,β-unsaturated/α-hetero) is 1. The van der Waals surface area contributed by atoms with Crippen molar-refractivity contribution in [3.05, 3.63) is 0 Å². The van der Waals surface area contributed by atoms with Gasteiger partial charge in [0.25, 0.3) is 5.24 Å². The Hall–Kier alpha value is -1.04. The van der Waals surface area contributed by atoms with Gasteiger partial charge in [0.05, 0.1) is 6.04 Å². The minimum Gasteiger partial charge on any atom is -0.345 e. The molecule has 14 heavy (non-hydrogen) atoms. The summed E-state index contributed by atoms with van der Waals surface area (Å²) in [6.45, 7) is 4.47. The zero-order valence-corrected chi connectivity index (χ0v) is 9.22. The van der Waals surface area contributed by atoms with Crippen LogP contribution in [-0.4, -0.2) is 29.0 Å². The predicted molar refractivity (Wildman–Crippen MR) is 55.3 cm³/mol. The second kappa shape index (κ2) is 5.64. The minimum atomic E-state index is -0.693. The van der Waals surface area contributed by atoms with E-state index in [0.717, 1.165) is 0 Å². The predicted octanol–water partition coefficient (Wildman–Crippen LogP) is 0.108. The number of carbonyl (C=O) groups is 3. The summed E-state index contributed by atoms with van der Waals surface area (Å²) in [4.78, 5) is 32.6. The molecule has 0 rings (SSSR count). The molecule has 2 amide bonds. The molecule has 0 aliphatic heterocycles. The maximum Gasteiger partial charge on any atom is 0.276 e. The second-order valence-electron chi connectivity index (χ2n) is 3.01. The van der Waals surface area contributed by atoms with Crippen molar-refractivity contribution >= 4 is 29.6 Å². The zero-order chi connectivity index (χ0) is 11.3. The average Bonchev–Trinajstić information content (AvgIpc) is 2.02. The summed E-state index contributed by atoms with van der Waals surface area (Å²) in [5.41, 5.74) is 0. The molecule has 0 aliphatic rings. The van der Waals surface area contributed by atoms with Crippen molar-refractivity contribution in [2.45, 2.75) is 32.9 Å². The first-order chi connectivity index (χ1) is 6.34. The summed E-state index contributed by atoms with van der Waals surface area (Å²) in [5.74, 6) is -0.544. The molecule has 2 atom stereocenters. The summed E-state index contributed by atoms with van der Waals surface area (Å²) in [6, 6.07) is -1.23. The normalized spacial score (nSPS) is 14.0. The van der Waals surface area contributed by atoms with E-state index in [1.54, 1.807) is 6.92 Å². The zero-order valence-electron chi connectivity index (χ0n) is 8.33. The third-order valence-electron chi connectivity index (χ3n) is 1.70. The fraction of sp³-hybridized carbons (Fsp3) is 0.625. The molecule has 0 heterocycles. The van der Waals surface area contributed by atoms with Gasteiger partial charge in [-0.05, 0) is 20.8 Å². The van der Waals surface area contributed by atoms with Crippen LogP contribution >= 0.6 is 12.6 Å². The lowest BCUT2D eigenvalue weighted by atomic mass is 10.2. The van der Waals surface area contributed by atoms with Gasteiger partial charge in [0.1, 0.15) is 6.04 Å². The topological polar surface area (TPSA) is 75.3 Å². The van der Waals surface area contributed by atoms with Gasteiger partial charge in [0, 0.05) is 0 Å². The van der Waals surface area contributed by atoms with Gasteiger partial charge in [0.15, 0.2) is 5.78 Å². The molecule has 0 saturated carbocycles. The molecule has 0 radical (unpaired) electrons. The van der Waals surface area contributed by atoms with Gasteiger partial charge in [-0.15, -0.1) is 0 Å². The van der Waals surface area contributed by atoms with E-state index >= 15 is 0 Å². The number of nitrogens with one attached hydrogen (secondary N) is 2. The monoisotopic (exact) mass is 218 g/mol. The maximum absolute atomic E-state index is 11.3. The first kappa shape index (κ1) is 13.0. The van der Waals surface area contributed by atoms with Gasteiger partial charge in [0.2, 0.25) is 5.91 Å². The molecule has 2 unspecified atom stereocenters. The summed E-state index contributed by atoms with van der Waals surface area (Å²) >= 11 is 3.47. The Kier molecular flexibility index (Phi) is 5.22. The highest BCUT2D eigenvalue weighted by molar-refractivity contribution is 7.96. The van der Waals surface area contributed by atoms with E-state index in [1.165, 1.54) is 13.8 Å². The molecule has 2 N–H and O–H groups in total. The van der Waals surface area contributed by atoms with Crippen LogP contribution in [-0.2, 0) is 9.59 Å². The molecule has 0 aromatic heterocycles. The van der Waals surface area contributed by atoms with Crippen LogP contribution in [0.5, 0.6) is 0 Å². The largest absolute Gasteiger partial charge is 0.345 e. The molecule has 0 aromatic carbocycles. The van der Waals surface area contributed by atoms with Crippen molar-refractivity contribution in [2.24, 2.45) is 0 Å². The molecule has 0 spiro atoms. The number of hydrogen-bond acceptors (Lipinski definition) is 3. The Labute approximate surface area is 88.0 Å². The molecular weight excluding hydrogens is 204 g/mol. The molecule has 0 bridgehead atoms. The maximum atomic E-state index is 11.3. The number of carbonyl (C=O) groups excluding carboxylic acids is 3. The lowest BCUT2D eigenvalue weighted by Crippen LogP contribution is -2.48. The van der Waals surface area contributed by atoms with Crippen LogP contribution in [0.3, 0.4) is 0 Å². The van der Waals surface area contributed by atoms with E-state index in [4.69, 9.17) is 0 Å². The summed E-state index contributed by atoms with van der Waals surface area (Å²) in [5, 5.41) is 4.16. The van der Waals surface area contributed by atoms with Crippen LogP contribution in [0, 0.1) is 0 Å². The van der Waals surface area contributed by atoms with E-state index in [2.05, 4.69) is 23.3 Å². The van der Waals surface area contributed by atoms with Crippen LogP contribution in [0.4, 0.5) is 4.79 Å². The van der Waals surface area contributed by atoms with Crippen LogP contribution < -0.4 is 10.6 Å². The van der Waals surface area contributed by atoms with E-state index in [1.807, 2.05) is 0 Å². The minimum absolute atomic E-state index is 0.136. The fourth-order valence-corrected chi connectivity index (χ4v) is 0.884. The van der Waals surface area contributed by atoms with Crippen LogP contribution in [0.2, 0.25) is 0 Å². The highest BCUT2D eigenvalue weighted by atomic mass is 32.1. The number of rotatable bonds is 4. The molecule has 0 saturated heterocycles. The SMILES string of the molecule is CC(=O)C(C)NC(=O)C(C)NC(=O)S. The highest BCUT2D eigenvalue weighted by Gasteiger charge is 2.17. The molecule has 6 heteroatoms. The lowest BCUT2D eigenvalue weighted by Gasteiger charge is -2.15. The highest BCUT2D eigenvalue weighted by Crippen LogP contribution is 1.89. The van der Waals surface area contributed by atoms with Crippen molar-refractivity contribution in [1.29, 1.82) is 0 Å². The second-order valence-corrected chi connectivity index (χ2v) is 3.42. The number of hydrogen-bond donors (Lipinski definition) is 3. The lowest BCUT2D eigenvalue weighted by molar-refractivity contribution is -0.127. The van der Waals surface area contributed by atoms with Crippen molar-refractivity contribution in [1.82, 2.24) is 10.6 Å². The van der Waals surface area contributed by atoms with Crippen LogP contribution in [0.1, 0.15) is 20.8 Å². The number of ketones is 1. The standard InChI is InChI=1S/C8H14N2O3S/c1-4(6(3)11)9-7(12)5(2)10-8(13)14/h4-5H,1-3H3,(H,9,12)(H2,10,13,14). The number of amides is 2. The summed E-state index contributed by atoms with van der Waals surface area (Å²) < 4.78 is 0. The van der Waals surface area contributed by atoms with Crippen molar-refractivity contribution in [3.8, 4) is 0 Å². The quantitative estimate of drug-likeness (QED) is 0.586. The van der Waals surface area contributed by atoms with Gasteiger partial charge in [-0.25, -0.2) is 0 Å². The Morgan fingerprint density at radius 3 is 1.93 bits per heavy atom. The number of thiol groups is 1. The average molecular weight is 218 g/mol. The van der Waals surface area contributed by atoms with E-state index < -0.39 is 23.2 Å². The van der Waals surface area contributed by atoms with Gasteiger partial charge in [-0.2, -0.15) is 0 Å². The molecule has 80 valence electrons. The van der Waals surface area contributed by atoms with Crippen molar-refractivity contribution in [2.75, 3.05) is 0 Å². The first-order valence-electron chi connectivity index (χ1n) is 4.15.